The van der Waals surface area contributed by atoms with Crippen LogP contribution in [0, 0.1) is 0 Å². The number of nitrogens with zero attached hydrogens (tertiary/aromatic N) is 3. The molecule has 5 heteroatoms. The summed E-state index contributed by atoms with van der Waals surface area (Å²) in [7, 11) is 1.78. The van der Waals surface area contributed by atoms with Gasteiger partial charge < -0.3 is 0 Å². The molecule has 3 rings (SSSR count). The van der Waals surface area contributed by atoms with E-state index in [0.29, 0.717) is 0 Å². The highest BCUT2D eigenvalue weighted by Crippen LogP contribution is 2.20. The Bertz CT molecular complexity index is 863. The second-order valence-electron chi connectivity index (χ2n) is 4.57. The molecule has 3 aromatic rings. The van der Waals surface area contributed by atoms with E-state index in [0.717, 1.165) is 26.1 Å². The van der Waals surface area contributed by atoms with E-state index in [4.69, 9.17) is 0 Å². The van der Waals surface area contributed by atoms with Gasteiger partial charge in [0.25, 0.3) is 0 Å². The fraction of sp³-hybridized carbons (Fsp3) is 0.0588. The number of thiazole rings is 1. The summed E-state index contributed by atoms with van der Waals surface area (Å²) in [5.41, 5.74) is 3.19. The van der Waals surface area contributed by atoms with Crippen LogP contribution >= 0.6 is 27.3 Å². The summed E-state index contributed by atoms with van der Waals surface area (Å²) in [6.07, 6.45) is 1.85. The van der Waals surface area contributed by atoms with Gasteiger partial charge in [0, 0.05) is 28.0 Å². The Hall–Kier alpha value is -1.98. The lowest BCUT2D eigenvalue weighted by Crippen LogP contribution is -2.11. The maximum atomic E-state index is 4.62. The number of benzene rings is 2. The van der Waals surface area contributed by atoms with Crippen molar-refractivity contribution in [3.05, 3.63) is 74.8 Å². The Kier molecular flexibility index (Phi) is 4.65. The summed E-state index contributed by atoms with van der Waals surface area (Å²) < 4.78 is 2.89. The first-order valence-corrected chi connectivity index (χ1v) is 8.44. The Morgan fingerprint density at radius 1 is 1.05 bits per heavy atom. The molecule has 0 fully saturated rings. The van der Waals surface area contributed by atoms with E-state index in [1.165, 1.54) is 0 Å². The standard InChI is InChI=1S/C17H14BrN3S/c1-19-17-21(20-11-14-9-5-6-10-15(14)18)16(12-22-17)13-7-3-2-4-8-13/h2-12H,1H3/b19-17?,20-11+. The third-order valence-electron chi connectivity index (χ3n) is 3.16. The second kappa shape index (κ2) is 6.85. The molecule has 0 aliphatic rings. The molecule has 0 unspecified atom stereocenters. The van der Waals surface area contributed by atoms with Crippen molar-refractivity contribution in [1.29, 1.82) is 0 Å². The second-order valence-corrected chi connectivity index (χ2v) is 6.26. The van der Waals surface area contributed by atoms with E-state index in [-0.39, 0.29) is 0 Å². The largest absolute Gasteiger partial charge is 0.261 e. The number of rotatable bonds is 3. The maximum absolute atomic E-state index is 4.62. The minimum absolute atomic E-state index is 0.863. The van der Waals surface area contributed by atoms with E-state index in [1.807, 2.05) is 53.4 Å². The zero-order valence-electron chi connectivity index (χ0n) is 12.0. The van der Waals surface area contributed by atoms with Gasteiger partial charge in [-0.25, -0.2) is 4.68 Å². The van der Waals surface area contributed by atoms with E-state index in [2.05, 4.69) is 43.5 Å². The third kappa shape index (κ3) is 3.10. The quantitative estimate of drug-likeness (QED) is 0.611. The van der Waals surface area contributed by atoms with Crippen LogP contribution in [-0.4, -0.2) is 17.9 Å². The van der Waals surface area contributed by atoms with Crippen LogP contribution in [0.5, 0.6) is 0 Å². The van der Waals surface area contributed by atoms with Gasteiger partial charge in [-0.1, -0.05) is 64.5 Å². The third-order valence-corrected chi connectivity index (χ3v) is 4.79. The first kappa shape index (κ1) is 14.9. The van der Waals surface area contributed by atoms with Crippen molar-refractivity contribution in [2.45, 2.75) is 0 Å². The van der Waals surface area contributed by atoms with Crippen LogP contribution in [0.2, 0.25) is 0 Å². The average Bonchev–Trinajstić information content (AvgIpc) is 2.98. The van der Waals surface area contributed by atoms with Crippen LogP contribution < -0.4 is 4.80 Å². The summed E-state index contributed by atoms with van der Waals surface area (Å²) in [6.45, 7) is 0. The monoisotopic (exact) mass is 371 g/mol. The van der Waals surface area contributed by atoms with Crippen molar-refractivity contribution in [3.8, 4) is 11.3 Å². The van der Waals surface area contributed by atoms with Crippen molar-refractivity contribution in [2.24, 2.45) is 10.1 Å². The highest BCUT2D eigenvalue weighted by molar-refractivity contribution is 9.10. The first-order chi connectivity index (χ1) is 10.8. The summed E-state index contributed by atoms with van der Waals surface area (Å²) in [5.74, 6) is 0. The summed E-state index contributed by atoms with van der Waals surface area (Å²) in [6, 6.07) is 18.2. The topological polar surface area (TPSA) is 29.6 Å². The number of halogens is 1. The summed E-state index contributed by atoms with van der Waals surface area (Å²) in [5, 5.41) is 6.70. The zero-order valence-corrected chi connectivity index (χ0v) is 14.4. The van der Waals surface area contributed by atoms with Crippen LogP contribution in [0.15, 0.2) is 74.5 Å². The molecule has 0 N–H and O–H groups in total. The van der Waals surface area contributed by atoms with Gasteiger partial charge in [0.1, 0.15) is 0 Å². The molecule has 1 aromatic heterocycles. The Labute approximate surface area is 141 Å². The molecule has 1 heterocycles. The number of hydrogen-bond donors (Lipinski definition) is 0. The van der Waals surface area contributed by atoms with Gasteiger partial charge in [0.05, 0.1) is 11.9 Å². The van der Waals surface area contributed by atoms with Crippen LogP contribution in [0.25, 0.3) is 11.3 Å². The molecule has 22 heavy (non-hydrogen) atoms. The lowest BCUT2D eigenvalue weighted by atomic mass is 10.2. The molecule has 0 bridgehead atoms. The maximum Gasteiger partial charge on any atom is 0.205 e. The fourth-order valence-electron chi connectivity index (χ4n) is 2.07. The van der Waals surface area contributed by atoms with Gasteiger partial charge in [-0.2, -0.15) is 5.10 Å². The molecular weight excluding hydrogens is 358 g/mol. The van der Waals surface area contributed by atoms with Gasteiger partial charge in [-0.05, 0) is 6.07 Å². The molecule has 3 nitrogen and oxygen atoms in total. The van der Waals surface area contributed by atoms with E-state index < -0.39 is 0 Å². The molecule has 0 saturated carbocycles. The fourth-order valence-corrected chi connectivity index (χ4v) is 3.26. The van der Waals surface area contributed by atoms with E-state index in [1.54, 1.807) is 18.4 Å². The van der Waals surface area contributed by atoms with Crippen molar-refractivity contribution >= 4 is 33.5 Å². The predicted octanol–water partition coefficient (Wildman–Crippen LogP) is 4.39. The van der Waals surface area contributed by atoms with Crippen molar-refractivity contribution in [2.75, 3.05) is 7.05 Å². The Balaban J connectivity index is 2.07. The molecule has 0 radical (unpaired) electrons. The van der Waals surface area contributed by atoms with Crippen molar-refractivity contribution in [3.63, 3.8) is 0 Å². The molecule has 0 amide bonds. The summed E-state index contributed by atoms with van der Waals surface area (Å²) in [4.78, 5) is 5.17. The van der Waals surface area contributed by atoms with Crippen LogP contribution in [0.4, 0.5) is 0 Å². The smallest absolute Gasteiger partial charge is 0.205 e. The van der Waals surface area contributed by atoms with Gasteiger partial charge in [0.2, 0.25) is 4.80 Å². The van der Waals surface area contributed by atoms with Crippen LogP contribution in [0.1, 0.15) is 5.56 Å². The first-order valence-electron chi connectivity index (χ1n) is 6.77. The van der Waals surface area contributed by atoms with E-state index in [9.17, 15) is 0 Å². The van der Waals surface area contributed by atoms with Crippen LogP contribution in [-0.2, 0) is 0 Å². The van der Waals surface area contributed by atoms with Gasteiger partial charge >= 0.3 is 0 Å². The number of aromatic nitrogens is 1. The lowest BCUT2D eigenvalue weighted by Gasteiger charge is -2.03. The Morgan fingerprint density at radius 3 is 2.50 bits per heavy atom. The highest BCUT2D eigenvalue weighted by atomic mass is 79.9. The predicted molar refractivity (Wildman–Crippen MR) is 96.4 cm³/mol. The lowest BCUT2D eigenvalue weighted by molar-refractivity contribution is 0.848. The van der Waals surface area contributed by atoms with Crippen LogP contribution in [0.3, 0.4) is 0 Å². The highest BCUT2D eigenvalue weighted by Gasteiger charge is 2.06. The minimum Gasteiger partial charge on any atom is -0.261 e. The molecule has 2 aromatic carbocycles. The molecule has 0 saturated heterocycles. The Morgan fingerprint density at radius 2 is 1.77 bits per heavy atom. The van der Waals surface area contributed by atoms with Gasteiger partial charge in [-0.3, -0.25) is 4.99 Å². The molecule has 0 spiro atoms. The normalized spacial score (nSPS) is 12.2. The molecule has 0 atom stereocenters. The molecule has 0 aliphatic heterocycles. The average molecular weight is 372 g/mol. The molecular formula is C17H14BrN3S. The van der Waals surface area contributed by atoms with Gasteiger partial charge in [-0.15, -0.1) is 11.3 Å². The summed E-state index contributed by atoms with van der Waals surface area (Å²) >= 11 is 5.12. The zero-order chi connectivity index (χ0) is 15.4. The minimum atomic E-state index is 0.863. The number of hydrogen-bond acceptors (Lipinski definition) is 3. The molecule has 0 aliphatic carbocycles. The SMILES string of the molecule is CN=c1scc(-c2ccccc2)n1/N=C/c1ccccc1Br. The van der Waals surface area contributed by atoms with Crippen molar-refractivity contribution in [1.82, 2.24) is 4.68 Å². The van der Waals surface area contributed by atoms with E-state index >= 15 is 0 Å². The van der Waals surface area contributed by atoms with Crippen molar-refractivity contribution < 1.29 is 0 Å². The molecule has 110 valence electrons. The van der Waals surface area contributed by atoms with Gasteiger partial charge in [0.15, 0.2) is 0 Å².